The summed E-state index contributed by atoms with van der Waals surface area (Å²) in [5.41, 5.74) is 2.72. The summed E-state index contributed by atoms with van der Waals surface area (Å²) in [6.45, 7) is 2.71. The normalized spacial score (nSPS) is 10.9. The zero-order valence-electron chi connectivity index (χ0n) is 8.88. The molecule has 1 N–H and O–H groups in total. The van der Waals surface area contributed by atoms with E-state index in [9.17, 15) is 4.79 Å². The predicted octanol–water partition coefficient (Wildman–Crippen LogP) is 1.86. The Bertz CT molecular complexity index is 354. The standard InChI is InChI=1S/C11H14AsClNO/c1-3-6-14-11(15)9-5-4-8(12-2)7-10(9)13/h4-5,7H,3,6H2,1-2H3,(H,14,15). The molecular weight excluding hydrogens is 273 g/mol. The fourth-order valence-corrected chi connectivity index (χ4v) is 2.60. The number of amides is 1. The third-order valence-electron chi connectivity index (χ3n) is 1.99. The fraction of sp³-hybridized carbons (Fsp3) is 0.364. The zero-order chi connectivity index (χ0) is 11.3. The summed E-state index contributed by atoms with van der Waals surface area (Å²) in [4.78, 5) is 11.6. The number of carbonyl (C=O) groups excluding carboxylic acids is 1. The van der Waals surface area contributed by atoms with Crippen LogP contribution in [-0.2, 0) is 0 Å². The molecule has 0 aliphatic carbocycles. The Morgan fingerprint density at radius 3 is 2.80 bits per heavy atom. The molecule has 4 heteroatoms. The van der Waals surface area contributed by atoms with Crippen LogP contribution in [0.4, 0.5) is 0 Å². The average molecular weight is 287 g/mol. The Morgan fingerprint density at radius 1 is 1.53 bits per heavy atom. The van der Waals surface area contributed by atoms with E-state index in [1.165, 1.54) is 4.35 Å². The van der Waals surface area contributed by atoms with Crippen molar-refractivity contribution >= 4 is 37.6 Å². The number of rotatable bonds is 4. The van der Waals surface area contributed by atoms with Gasteiger partial charge in [-0.2, -0.15) is 0 Å². The van der Waals surface area contributed by atoms with Crippen molar-refractivity contribution in [1.82, 2.24) is 5.32 Å². The molecule has 0 atom stereocenters. The van der Waals surface area contributed by atoms with Crippen LogP contribution in [0, 0.1) is 0 Å². The van der Waals surface area contributed by atoms with Gasteiger partial charge in [-0.25, -0.2) is 0 Å². The molecule has 0 saturated heterocycles. The monoisotopic (exact) mass is 286 g/mol. The number of hydrogen-bond acceptors (Lipinski definition) is 1. The summed E-state index contributed by atoms with van der Waals surface area (Å²) >= 11 is 6.20. The van der Waals surface area contributed by atoms with Crippen molar-refractivity contribution in [1.29, 1.82) is 0 Å². The van der Waals surface area contributed by atoms with Crippen LogP contribution in [0.1, 0.15) is 23.7 Å². The zero-order valence-corrected chi connectivity index (χ0v) is 11.5. The Morgan fingerprint density at radius 2 is 2.27 bits per heavy atom. The van der Waals surface area contributed by atoms with Crippen molar-refractivity contribution in [2.75, 3.05) is 6.54 Å². The minimum atomic E-state index is -0.0826. The van der Waals surface area contributed by atoms with E-state index in [1.807, 2.05) is 25.1 Å². The quantitative estimate of drug-likeness (QED) is 0.841. The van der Waals surface area contributed by atoms with Gasteiger partial charge in [-0.05, 0) is 0 Å². The first-order valence-corrected chi connectivity index (χ1v) is 8.06. The van der Waals surface area contributed by atoms with E-state index in [1.54, 1.807) is 0 Å². The first kappa shape index (κ1) is 12.6. The number of carbonyl (C=O) groups is 1. The van der Waals surface area contributed by atoms with Crippen LogP contribution >= 0.6 is 11.6 Å². The Kier molecular flexibility index (Phi) is 5.21. The van der Waals surface area contributed by atoms with Crippen molar-refractivity contribution < 1.29 is 4.79 Å². The second-order valence-electron chi connectivity index (χ2n) is 3.14. The summed E-state index contributed by atoms with van der Waals surface area (Å²) < 4.78 is 1.24. The van der Waals surface area contributed by atoms with E-state index in [4.69, 9.17) is 11.6 Å². The van der Waals surface area contributed by atoms with Crippen molar-refractivity contribution in [2.45, 2.75) is 19.1 Å². The van der Waals surface area contributed by atoms with Crippen LogP contribution in [0.2, 0.25) is 10.7 Å². The molecule has 0 aliphatic rings. The number of nitrogens with one attached hydrogen (secondary N) is 1. The minimum absolute atomic E-state index is 0.0826. The van der Waals surface area contributed by atoms with E-state index >= 15 is 0 Å². The summed E-state index contributed by atoms with van der Waals surface area (Å²) in [6.07, 6.45) is 0.932. The second-order valence-corrected chi connectivity index (χ2v) is 5.57. The van der Waals surface area contributed by atoms with Crippen molar-refractivity contribution in [3.05, 3.63) is 28.8 Å². The maximum absolute atomic E-state index is 11.6. The summed E-state index contributed by atoms with van der Waals surface area (Å²) in [7, 11) is 0. The summed E-state index contributed by atoms with van der Waals surface area (Å²) in [5.74, 6) is -0.0826. The molecule has 1 aromatic rings. The molecule has 0 spiro atoms. The van der Waals surface area contributed by atoms with Crippen molar-refractivity contribution in [3.63, 3.8) is 0 Å². The maximum atomic E-state index is 11.6. The first-order chi connectivity index (χ1) is 7.19. The van der Waals surface area contributed by atoms with Gasteiger partial charge in [0.1, 0.15) is 0 Å². The van der Waals surface area contributed by atoms with E-state index in [2.05, 4.69) is 11.0 Å². The molecule has 1 rings (SSSR count). The van der Waals surface area contributed by atoms with Crippen molar-refractivity contribution in [2.24, 2.45) is 0 Å². The summed E-state index contributed by atoms with van der Waals surface area (Å²) in [5, 5.41) is 3.37. The van der Waals surface area contributed by atoms with Gasteiger partial charge in [0.25, 0.3) is 0 Å². The molecule has 0 fully saturated rings. The molecule has 0 aromatic heterocycles. The molecule has 2 nitrogen and oxygen atoms in total. The molecule has 0 bridgehead atoms. The molecule has 0 heterocycles. The van der Waals surface area contributed by atoms with Gasteiger partial charge in [0.05, 0.1) is 0 Å². The SMILES string of the molecule is CCCNC(=O)c1ccc([As]C)cc1Cl. The van der Waals surface area contributed by atoms with Crippen LogP contribution in [0.15, 0.2) is 18.2 Å². The van der Waals surface area contributed by atoms with Gasteiger partial charge in [-0.15, -0.1) is 0 Å². The van der Waals surface area contributed by atoms with Crippen LogP contribution in [0.25, 0.3) is 0 Å². The molecular formula is C11H14AsClNO. The van der Waals surface area contributed by atoms with Gasteiger partial charge in [0.2, 0.25) is 0 Å². The van der Waals surface area contributed by atoms with E-state index in [0.717, 1.165) is 6.42 Å². The average Bonchev–Trinajstić information content (AvgIpc) is 2.25. The molecule has 0 unspecified atom stereocenters. The van der Waals surface area contributed by atoms with Gasteiger partial charge in [0.15, 0.2) is 0 Å². The molecule has 0 aliphatic heterocycles. The van der Waals surface area contributed by atoms with Gasteiger partial charge in [0, 0.05) is 0 Å². The van der Waals surface area contributed by atoms with Gasteiger partial charge in [-0.3, -0.25) is 0 Å². The van der Waals surface area contributed by atoms with Gasteiger partial charge < -0.3 is 0 Å². The van der Waals surface area contributed by atoms with Crippen LogP contribution < -0.4 is 9.67 Å². The molecule has 0 saturated carbocycles. The number of halogens is 1. The molecule has 1 radical (unpaired) electrons. The Balaban J connectivity index is 2.81. The van der Waals surface area contributed by atoms with E-state index < -0.39 is 0 Å². The third-order valence-corrected chi connectivity index (χ3v) is 3.97. The fourth-order valence-electron chi connectivity index (χ4n) is 1.16. The van der Waals surface area contributed by atoms with Gasteiger partial charge in [-0.1, -0.05) is 0 Å². The van der Waals surface area contributed by atoms with Crippen molar-refractivity contribution in [3.8, 4) is 0 Å². The van der Waals surface area contributed by atoms with Crippen LogP contribution in [0.5, 0.6) is 0 Å². The Labute approximate surface area is 102 Å². The molecule has 1 aromatic carbocycles. The van der Waals surface area contributed by atoms with Crippen LogP contribution in [0.3, 0.4) is 0 Å². The molecule has 81 valence electrons. The van der Waals surface area contributed by atoms with Gasteiger partial charge >= 0.3 is 102 Å². The molecule has 1 amide bonds. The summed E-state index contributed by atoms with van der Waals surface area (Å²) in [6, 6.07) is 5.68. The number of hydrogen-bond donors (Lipinski definition) is 1. The number of benzene rings is 1. The second kappa shape index (κ2) is 6.19. The topological polar surface area (TPSA) is 29.1 Å². The first-order valence-electron chi connectivity index (χ1n) is 4.86. The van der Waals surface area contributed by atoms with E-state index in [0.29, 0.717) is 17.1 Å². The van der Waals surface area contributed by atoms with Crippen LogP contribution in [-0.4, -0.2) is 28.2 Å². The Hall–Kier alpha value is -0.462. The molecule has 15 heavy (non-hydrogen) atoms. The third kappa shape index (κ3) is 3.55. The van der Waals surface area contributed by atoms with E-state index in [-0.39, 0.29) is 21.7 Å². The predicted molar refractivity (Wildman–Crippen MR) is 65.3 cm³/mol.